The van der Waals surface area contributed by atoms with Crippen LogP contribution in [0.25, 0.3) is 11.0 Å². The fourth-order valence-electron chi connectivity index (χ4n) is 4.03. The van der Waals surface area contributed by atoms with Gasteiger partial charge in [-0.1, -0.05) is 18.2 Å². The van der Waals surface area contributed by atoms with E-state index in [1.165, 1.54) is 16.8 Å². The van der Waals surface area contributed by atoms with E-state index in [1.54, 1.807) is 0 Å². The van der Waals surface area contributed by atoms with Crippen molar-refractivity contribution in [3.63, 3.8) is 0 Å². The molecule has 0 saturated carbocycles. The number of anilines is 1. The molecule has 0 bridgehead atoms. The Morgan fingerprint density at radius 2 is 2.12 bits per heavy atom. The van der Waals surface area contributed by atoms with Gasteiger partial charge in [-0.25, -0.2) is 4.98 Å². The van der Waals surface area contributed by atoms with Gasteiger partial charge in [-0.15, -0.1) is 11.3 Å². The van der Waals surface area contributed by atoms with Crippen LogP contribution in [0, 0.1) is 0 Å². The van der Waals surface area contributed by atoms with Gasteiger partial charge in [-0.05, 0) is 42.8 Å². The van der Waals surface area contributed by atoms with Crippen molar-refractivity contribution < 1.29 is 4.74 Å². The van der Waals surface area contributed by atoms with Crippen LogP contribution < -0.4 is 4.90 Å². The summed E-state index contributed by atoms with van der Waals surface area (Å²) >= 11 is 1.85. The van der Waals surface area contributed by atoms with E-state index >= 15 is 0 Å². The molecule has 26 heavy (non-hydrogen) atoms. The SMILES string of the molecule is c1csc(CCN2CN(CC3CCCO3)c3nc4ccccc4n3C2)c1. The first kappa shape index (κ1) is 16.3. The van der Waals surface area contributed by atoms with Gasteiger partial charge in [0.1, 0.15) is 0 Å². The van der Waals surface area contributed by atoms with Crippen LogP contribution in [0.15, 0.2) is 41.8 Å². The molecule has 0 amide bonds. The summed E-state index contributed by atoms with van der Waals surface area (Å²) in [6.45, 7) is 4.72. The molecule has 0 radical (unpaired) electrons. The highest BCUT2D eigenvalue weighted by molar-refractivity contribution is 7.09. The predicted octanol–water partition coefficient (Wildman–Crippen LogP) is 3.56. The van der Waals surface area contributed by atoms with Crippen LogP contribution in [0.2, 0.25) is 0 Å². The Labute approximate surface area is 157 Å². The lowest BCUT2D eigenvalue weighted by Crippen LogP contribution is -2.48. The normalized spacial score (nSPS) is 20.8. The van der Waals surface area contributed by atoms with Crippen LogP contribution in [-0.2, 0) is 17.8 Å². The third-order valence-electron chi connectivity index (χ3n) is 5.33. The van der Waals surface area contributed by atoms with Crippen LogP contribution >= 0.6 is 11.3 Å². The molecule has 1 aromatic carbocycles. The molecule has 1 fully saturated rings. The Hall–Kier alpha value is -1.89. The lowest BCUT2D eigenvalue weighted by Gasteiger charge is -2.38. The summed E-state index contributed by atoms with van der Waals surface area (Å²) in [5.74, 6) is 1.09. The van der Waals surface area contributed by atoms with Crippen molar-refractivity contribution in [2.75, 3.05) is 31.3 Å². The van der Waals surface area contributed by atoms with Gasteiger partial charge in [0.25, 0.3) is 0 Å². The zero-order valence-corrected chi connectivity index (χ0v) is 15.7. The summed E-state index contributed by atoms with van der Waals surface area (Å²) in [5, 5.41) is 2.16. The van der Waals surface area contributed by atoms with E-state index in [0.29, 0.717) is 6.10 Å². The fourth-order valence-corrected chi connectivity index (χ4v) is 4.73. The highest BCUT2D eigenvalue weighted by Gasteiger charge is 2.29. The minimum atomic E-state index is 0.334. The van der Waals surface area contributed by atoms with Crippen molar-refractivity contribution in [3.8, 4) is 0 Å². The van der Waals surface area contributed by atoms with E-state index in [-0.39, 0.29) is 0 Å². The predicted molar refractivity (Wildman–Crippen MR) is 106 cm³/mol. The molecule has 2 aromatic heterocycles. The number of aromatic nitrogens is 2. The summed E-state index contributed by atoms with van der Waals surface area (Å²) in [4.78, 5) is 11.3. The van der Waals surface area contributed by atoms with Crippen molar-refractivity contribution in [3.05, 3.63) is 46.7 Å². The summed E-state index contributed by atoms with van der Waals surface area (Å²) in [6.07, 6.45) is 3.77. The van der Waals surface area contributed by atoms with E-state index in [2.05, 4.69) is 56.1 Å². The van der Waals surface area contributed by atoms with Crippen molar-refractivity contribution in [2.24, 2.45) is 0 Å². The summed E-state index contributed by atoms with van der Waals surface area (Å²) in [5.41, 5.74) is 2.31. The molecule has 4 heterocycles. The summed E-state index contributed by atoms with van der Waals surface area (Å²) in [6, 6.07) is 12.8. The largest absolute Gasteiger partial charge is 0.376 e. The maximum Gasteiger partial charge on any atom is 0.208 e. The second-order valence-electron chi connectivity index (χ2n) is 7.19. The maximum atomic E-state index is 5.90. The van der Waals surface area contributed by atoms with Gasteiger partial charge in [0.15, 0.2) is 0 Å². The van der Waals surface area contributed by atoms with E-state index in [0.717, 1.165) is 57.3 Å². The Kier molecular flexibility index (Phi) is 4.40. The van der Waals surface area contributed by atoms with Gasteiger partial charge in [0.2, 0.25) is 5.95 Å². The first-order valence-electron chi connectivity index (χ1n) is 9.43. The second-order valence-corrected chi connectivity index (χ2v) is 8.22. The molecule has 1 saturated heterocycles. The van der Waals surface area contributed by atoms with E-state index in [1.807, 2.05) is 11.3 Å². The topological polar surface area (TPSA) is 33.5 Å². The van der Waals surface area contributed by atoms with Gasteiger partial charge in [0, 0.05) is 24.6 Å². The molecule has 0 aliphatic carbocycles. The number of hydrogen-bond acceptors (Lipinski definition) is 5. The quantitative estimate of drug-likeness (QED) is 0.690. The van der Waals surface area contributed by atoms with Crippen molar-refractivity contribution in [2.45, 2.75) is 32.0 Å². The van der Waals surface area contributed by atoms with Crippen LogP contribution in [0.1, 0.15) is 17.7 Å². The first-order valence-corrected chi connectivity index (χ1v) is 10.3. The van der Waals surface area contributed by atoms with Crippen molar-refractivity contribution in [1.29, 1.82) is 0 Å². The monoisotopic (exact) mass is 368 g/mol. The third kappa shape index (κ3) is 3.13. The van der Waals surface area contributed by atoms with Crippen molar-refractivity contribution in [1.82, 2.24) is 14.5 Å². The zero-order chi connectivity index (χ0) is 17.3. The fraction of sp³-hybridized carbons (Fsp3) is 0.450. The average Bonchev–Trinajstić information content (AvgIpc) is 3.41. The Morgan fingerprint density at radius 1 is 1.15 bits per heavy atom. The molecule has 136 valence electrons. The highest BCUT2D eigenvalue weighted by atomic mass is 32.1. The average molecular weight is 369 g/mol. The third-order valence-corrected chi connectivity index (χ3v) is 6.27. The Bertz CT molecular complexity index is 869. The number of ether oxygens (including phenoxy) is 1. The van der Waals surface area contributed by atoms with Gasteiger partial charge >= 0.3 is 0 Å². The number of thiophene rings is 1. The Balaban J connectivity index is 1.41. The second kappa shape index (κ2) is 7.02. The molecule has 2 aliphatic heterocycles. The van der Waals surface area contributed by atoms with E-state index < -0.39 is 0 Å². The number of imidazole rings is 1. The lowest BCUT2D eigenvalue weighted by molar-refractivity contribution is 0.107. The van der Waals surface area contributed by atoms with Crippen molar-refractivity contribution >= 4 is 28.3 Å². The van der Waals surface area contributed by atoms with E-state index in [4.69, 9.17) is 9.72 Å². The van der Waals surface area contributed by atoms with Crippen LogP contribution in [0.3, 0.4) is 0 Å². The smallest absolute Gasteiger partial charge is 0.208 e. The first-order chi connectivity index (χ1) is 12.9. The van der Waals surface area contributed by atoms with Gasteiger partial charge in [-0.3, -0.25) is 9.47 Å². The molecular formula is C20H24N4OS. The van der Waals surface area contributed by atoms with E-state index in [9.17, 15) is 0 Å². The minimum Gasteiger partial charge on any atom is -0.376 e. The summed E-state index contributed by atoms with van der Waals surface area (Å²) in [7, 11) is 0. The number of para-hydroxylation sites is 2. The van der Waals surface area contributed by atoms with Crippen LogP contribution in [0.5, 0.6) is 0 Å². The molecule has 6 heteroatoms. The number of nitrogens with zero attached hydrogens (tertiary/aromatic N) is 4. The standard InChI is InChI=1S/C20H24N4OS/c1-2-8-19-18(7-1)21-20-23(13-16-5-3-11-25-16)14-22(15-24(19)20)10-9-17-6-4-12-26-17/h1-2,4,6-8,12,16H,3,5,9-11,13-15H2. The highest BCUT2D eigenvalue weighted by Crippen LogP contribution is 2.28. The molecular weight excluding hydrogens is 344 g/mol. The summed E-state index contributed by atoms with van der Waals surface area (Å²) < 4.78 is 8.27. The Morgan fingerprint density at radius 3 is 2.96 bits per heavy atom. The molecule has 2 aliphatic rings. The zero-order valence-electron chi connectivity index (χ0n) is 14.9. The molecule has 0 spiro atoms. The molecule has 1 unspecified atom stereocenters. The number of benzene rings is 1. The van der Waals surface area contributed by atoms with Gasteiger partial charge in [0.05, 0.1) is 30.5 Å². The molecule has 1 atom stereocenters. The van der Waals surface area contributed by atoms with Crippen LogP contribution in [-0.4, -0.2) is 46.9 Å². The molecule has 5 rings (SSSR count). The maximum absolute atomic E-state index is 5.90. The molecule has 5 nitrogen and oxygen atoms in total. The molecule has 0 N–H and O–H groups in total. The number of hydrogen-bond donors (Lipinski definition) is 0. The number of fused-ring (bicyclic) bond motifs is 3. The minimum absolute atomic E-state index is 0.334. The lowest BCUT2D eigenvalue weighted by atomic mass is 10.2. The van der Waals surface area contributed by atoms with Gasteiger partial charge < -0.3 is 9.64 Å². The van der Waals surface area contributed by atoms with Gasteiger partial charge in [-0.2, -0.15) is 0 Å². The van der Waals surface area contributed by atoms with Crippen LogP contribution in [0.4, 0.5) is 5.95 Å². The number of rotatable bonds is 5. The molecule has 3 aromatic rings.